The second kappa shape index (κ2) is 6.68. The molecule has 1 unspecified atom stereocenters. The van der Waals surface area contributed by atoms with E-state index in [0.29, 0.717) is 5.92 Å². The maximum atomic E-state index is 4.29. The topological polar surface area (TPSA) is 3.24 Å². The summed E-state index contributed by atoms with van der Waals surface area (Å²) in [5.41, 5.74) is 4.00. The number of rotatable bonds is 5. The molecule has 0 spiro atoms. The second-order valence-corrected chi connectivity index (χ2v) is 5.12. The average Bonchev–Trinajstić information content (AvgIpc) is 2.35. The summed E-state index contributed by atoms with van der Waals surface area (Å²) >= 11 is 0. The van der Waals surface area contributed by atoms with Gasteiger partial charge in [0.15, 0.2) is 0 Å². The van der Waals surface area contributed by atoms with E-state index in [2.05, 4.69) is 44.9 Å². The van der Waals surface area contributed by atoms with Crippen molar-refractivity contribution in [2.24, 2.45) is 5.92 Å². The molecule has 0 aromatic heterocycles. The van der Waals surface area contributed by atoms with Crippen LogP contribution < -0.4 is 0 Å². The van der Waals surface area contributed by atoms with Crippen molar-refractivity contribution in [3.8, 4) is 0 Å². The normalized spacial score (nSPS) is 20.8. The number of piperidine rings is 1. The van der Waals surface area contributed by atoms with Crippen molar-refractivity contribution < 1.29 is 0 Å². The van der Waals surface area contributed by atoms with E-state index >= 15 is 0 Å². The fourth-order valence-electron chi connectivity index (χ4n) is 2.36. The molecule has 0 N–H and O–H groups in total. The zero-order chi connectivity index (χ0) is 12.8. The predicted octanol–water partition coefficient (Wildman–Crippen LogP) is 4.53. The van der Waals surface area contributed by atoms with Gasteiger partial charge in [-0.05, 0) is 36.8 Å². The molecule has 1 nitrogen and oxygen atoms in total. The highest BCUT2D eigenvalue weighted by atomic mass is 15.1. The van der Waals surface area contributed by atoms with Crippen LogP contribution in [0.25, 0.3) is 0 Å². The van der Waals surface area contributed by atoms with Crippen LogP contribution in [-0.2, 0) is 0 Å². The molecule has 1 aliphatic rings. The van der Waals surface area contributed by atoms with E-state index in [-0.39, 0.29) is 0 Å². The summed E-state index contributed by atoms with van der Waals surface area (Å²) in [5, 5.41) is 0. The van der Waals surface area contributed by atoms with E-state index in [1.165, 1.54) is 36.1 Å². The summed E-state index contributed by atoms with van der Waals surface area (Å²) in [6.45, 7) is 17.2. The number of allylic oxidation sites excluding steroid dienone is 2. The molecule has 0 aromatic rings. The number of hydrogen-bond acceptors (Lipinski definition) is 1. The van der Waals surface area contributed by atoms with Crippen LogP contribution >= 0.6 is 0 Å². The van der Waals surface area contributed by atoms with E-state index in [1.54, 1.807) is 0 Å². The Hall–Kier alpha value is -0.980. The molecule has 0 saturated carbocycles. The monoisotopic (exact) mass is 233 g/mol. The Labute approximate surface area is 107 Å². The molecular weight excluding hydrogens is 206 g/mol. The fraction of sp³-hybridized carbons (Fsp3) is 0.625. The second-order valence-electron chi connectivity index (χ2n) is 5.12. The maximum absolute atomic E-state index is 4.29. The standard InChI is InChI=1S/C16H27N/c1-6-8-9-13(3)15(5)17-11-10-14(4)16(7-2)12-17/h7,13H,4-6,8-12H2,1-3H3/b16-7-. The Balaban J connectivity index is 2.55. The lowest BCUT2D eigenvalue weighted by Crippen LogP contribution is -2.33. The Morgan fingerprint density at radius 1 is 1.53 bits per heavy atom. The van der Waals surface area contributed by atoms with Crippen molar-refractivity contribution in [2.45, 2.75) is 46.5 Å². The highest BCUT2D eigenvalue weighted by Gasteiger charge is 2.20. The van der Waals surface area contributed by atoms with Crippen LogP contribution in [0.5, 0.6) is 0 Å². The molecule has 96 valence electrons. The first-order chi connectivity index (χ1) is 8.10. The largest absolute Gasteiger partial charge is 0.370 e. The summed E-state index contributed by atoms with van der Waals surface area (Å²) in [5.74, 6) is 0.611. The molecule has 0 amide bonds. The summed E-state index contributed by atoms with van der Waals surface area (Å²) < 4.78 is 0. The van der Waals surface area contributed by atoms with Crippen molar-refractivity contribution in [1.29, 1.82) is 0 Å². The van der Waals surface area contributed by atoms with E-state index < -0.39 is 0 Å². The Morgan fingerprint density at radius 2 is 2.24 bits per heavy atom. The van der Waals surface area contributed by atoms with Gasteiger partial charge in [0.25, 0.3) is 0 Å². The van der Waals surface area contributed by atoms with E-state index in [4.69, 9.17) is 0 Å². The van der Waals surface area contributed by atoms with Gasteiger partial charge in [0.1, 0.15) is 0 Å². The Kier molecular flexibility index (Phi) is 5.54. The molecule has 1 atom stereocenters. The van der Waals surface area contributed by atoms with E-state index in [0.717, 1.165) is 19.5 Å². The first kappa shape index (κ1) is 14.1. The average molecular weight is 233 g/mol. The summed E-state index contributed by atoms with van der Waals surface area (Å²) in [7, 11) is 0. The van der Waals surface area contributed by atoms with Crippen LogP contribution in [-0.4, -0.2) is 18.0 Å². The molecule has 1 aliphatic heterocycles. The number of unbranched alkanes of at least 4 members (excludes halogenated alkanes) is 1. The van der Waals surface area contributed by atoms with Gasteiger partial charge in [-0.2, -0.15) is 0 Å². The van der Waals surface area contributed by atoms with E-state index in [9.17, 15) is 0 Å². The van der Waals surface area contributed by atoms with Gasteiger partial charge in [-0.3, -0.25) is 0 Å². The molecular formula is C16H27N. The Bertz CT molecular complexity index is 311. The van der Waals surface area contributed by atoms with Crippen LogP contribution in [0.3, 0.4) is 0 Å². The van der Waals surface area contributed by atoms with Crippen molar-refractivity contribution >= 4 is 0 Å². The van der Waals surface area contributed by atoms with Gasteiger partial charge < -0.3 is 4.90 Å². The van der Waals surface area contributed by atoms with Gasteiger partial charge in [-0.1, -0.05) is 45.9 Å². The molecule has 1 rings (SSSR count). The SMILES string of the molecule is C=C1CCN(C(=C)C(C)CCCC)C/C1=C/C. The van der Waals surface area contributed by atoms with Crippen molar-refractivity contribution in [1.82, 2.24) is 4.90 Å². The first-order valence-electron chi connectivity index (χ1n) is 6.87. The molecule has 1 saturated heterocycles. The lowest BCUT2D eigenvalue weighted by atomic mass is 9.95. The first-order valence-corrected chi connectivity index (χ1v) is 6.87. The van der Waals surface area contributed by atoms with Gasteiger partial charge in [0.2, 0.25) is 0 Å². The molecule has 1 fully saturated rings. The number of hydrogen-bond donors (Lipinski definition) is 0. The minimum absolute atomic E-state index is 0.611. The highest BCUT2D eigenvalue weighted by molar-refractivity contribution is 5.32. The molecule has 0 bridgehead atoms. The van der Waals surface area contributed by atoms with Crippen LogP contribution in [0.15, 0.2) is 36.1 Å². The molecule has 0 aliphatic carbocycles. The smallest absolute Gasteiger partial charge is 0.0425 e. The molecule has 0 radical (unpaired) electrons. The van der Waals surface area contributed by atoms with Gasteiger partial charge >= 0.3 is 0 Å². The van der Waals surface area contributed by atoms with Gasteiger partial charge in [0, 0.05) is 18.8 Å². The van der Waals surface area contributed by atoms with Gasteiger partial charge in [-0.15, -0.1) is 0 Å². The lowest BCUT2D eigenvalue weighted by Gasteiger charge is -2.35. The quantitative estimate of drug-likeness (QED) is 0.674. The minimum Gasteiger partial charge on any atom is -0.370 e. The zero-order valence-corrected chi connectivity index (χ0v) is 11.8. The number of likely N-dealkylation sites (tertiary alicyclic amines) is 1. The zero-order valence-electron chi connectivity index (χ0n) is 11.8. The lowest BCUT2D eigenvalue weighted by molar-refractivity contribution is 0.311. The minimum atomic E-state index is 0.611. The Morgan fingerprint density at radius 3 is 2.82 bits per heavy atom. The number of nitrogens with zero attached hydrogens (tertiary/aromatic N) is 1. The van der Waals surface area contributed by atoms with Crippen molar-refractivity contribution in [3.05, 3.63) is 36.1 Å². The van der Waals surface area contributed by atoms with Crippen molar-refractivity contribution in [3.63, 3.8) is 0 Å². The van der Waals surface area contributed by atoms with E-state index in [1.807, 2.05) is 0 Å². The summed E-state index contributed by atoms with van der Waals surface area (Å²) in [4.78, 5) is 2.43. The van der Waals surface area contributed by atoms with Gasteiger partial charge in [0.05, 0.1) is 0 Å². The molecule has 1 heterocycles. The third-order valence-corrected chi connectivity index (χ3v) is 3.81. The summed E-state index contributed by atoms with van der Waals surface area (Å²) in [6.07, 6.45) is 7.11. The van der Waals surface area contributed by atoms with Crippen LogP contribution in [0, 0.1) is 5.92 Å². The van der Waals surface area contributed by atoms with Crippen molar-refractivity contribution in [2.75, 3.05) is 13.1 Å². The van der Waals surface area contributed by atoms with Crippen LogP contribution in [0.1, 0.15) is 46.5 Å². The highest BCUT2D eigenvalue weighted by Crippen LogP contribution is 2.27. The predicted molar refractivity (Wildman–Crippen MR) is 76.9 cm³/mol. The molecule has 17 heavy (non-hydrogen) atoms. The van der Waals surface area contributed by atoms with Crippen LogP contribution in [0.4, 0.5) is 0 Å². The third-order valence-electron chi connectivity index (χ3n) is 3.81. The maximum Gasteiger partial charge on any atom is 0.0425 e. The van der Waals surface area contributed by atoms with Crippen LogP contribution in [0.2, 0.25) is 0 Å². The molecule has 1 heteroatoms. The summed E-state index contributed by atoms with van der Waals surface area (Å²) in [6, 6.07) is 0. The third kappa shape index (κ3) is 3.76. The fourth-order valence-corrected chi connectivity index (χ4v) is 2.36. The molecule has 0 aromatic carbocycles. The van der Waals surface area contributed by atoms with Gasteiger partial charge in [-0.25, -0.2) is 0 Å².